The molecule has 0 atom stereocenters. The minimum absolute atomic E-state index is 0.133. The summed E-state index contributed by atoms with van der Waals surface area (Å²) >= 11 is 0. The summed E-state index contributed by atoms with van der Waals surface area (Å²) in [6.07, 6.45) is -4.53. The standard InChI is InChI=1S/C8H7F3N4/c1-4-5(12)2-3-6-13-14-7(15(4)6)8(9,10)11/h2-3H,12H2,1H3. The van der Waals surface area contributed by atoms with Crippen molar-refractivity contribution in [3.8, 4) is 0 Å². The van der Waals surface area contributed by atoms with E-state index in [9.17, 15) is 13.2 Å². The first-order chi connectivity index (χ1) is 6.91. The SMILES string of the molecule is Cc1c(N)ccc2nnc(C(F)(F)F)n12. The Kier molecular flexibility index (Phi) is 1.85. The number of pyridine rings is 1. The second-order valence-electron chi connectivity index (χ2n) is 3.09. The van der Waals surface area contributed by atoms with Crippen LogP contribution < -0.4 is 5.73 Å². The van der Waals surface area contributed by atoms with Crippen LogP contribution in [0.2, 0.25) is 0 Å². The van der Waals surface area contributed by atoms with Gasteiger partial charge in [0.1, 0.15) is 0 Å². The van der Waals surface area contributed by atoms with E-state index in [4.69, 9.17) is 5.73 Å². The van der Waals surface area contributed by atoms with Crippen molar-refractivity contribution in [1.82, 2.24) is 14.6 Å². The molecule has 0 amide bonds. The molecule has 2 rings (SSSR count). The fraction of sp³-hybridized carbons (Fsp3) is 0.250. The number of fused-ring (bicyclic) bond motifs is 1. The lowest BCUT2D eigenvalue weighted by atomic mass is 10.3. The second kappa shape index (κ2) is 2.85. The molecule has 2 aromatic heterocycles. The molecule has 0 fully saturated rings. The van der Waals surface area contributed by atoms with Gasteiger partial charge in [0.05, 0.1) is 5.69 Å². The molecule has 2 heterocycles. The number of alkyl halides is 3. The van der Waals surface area contributed by atoms with Crippen molar-refractivity contribution >= 4 is 11.3 Å². The maximum atomic E-state index is 12.5. The number of aromatic nitrogens is 3. The lowest BCUT2D eigenvalue weighted by Gasteiger charge is -2.07. The van der Waals surface area contributed by atoms with Crippen molar-refractivity contribution in [2.45, 2.75) is 13.1 Å². The molecule has 2 aromatic rings. The second-order valence-corrected chi connectivity index (χ2v) is 3.09. The fourth-order valence-corrected chi connectivity index (χ4v) is 1.33. The van der Waals surface area contributed by atoms with Gasteiger partial charge in [-0.05, 0) is 19.1 Å². The first-order valence-corrected chi connectivity index (χ1v) is 4.08. The van der Waals surface area contributed by atoms with E-state index in [1.165, 1.54) is 19.1 Å². The molecule has 0 aliphatic heterocycles. The number of anilines is 1. The summed E-state index contributed by atoms with van der Waals surface area (Å²) in [5.41, 5.74) is 6.20. The van der Waals surface area contributed by atoms with Crippen molar-refractivity contribution in [2.24, 2.45) is 0 Å². The summed E-state index contributed by atoms with van der Waals surface area (Å²) in [6.45, 7) is 1.49. The largest absolute Gasteiger partial charge is 0.452 e. The number of nitrogens with zero attached hydrogens (tertiary/aromatic N) is 3. The normalized spacial score (nSPS) is 12.3. The van der Waals surface area contributed by atoms with Crippen molar-refractivity contribution in [1.29, 1.82) is 0 Å². The average Bonchev–Trinajstić information content (AvgIpc) is 2.54. The van der Waals surface area contributed by atoms with Crippen LogP contribution >= 0.6 is 0 Å². The van der Waals surface area contributed by atoms with Crippen molar-refractivity contribution in [3.63, 3.8) is 0 Å². The first kappa shape index (κ1) is 9.75. The highest BCUT2D eigenvalue weighted by Crippen LogP contribution is 2.29. The van der Waals surface area contributed by atoms with Crippen LogP contribution in [-0.2, 0) is 6.18 Å². The summed E-state index contributed by atoms with van der Waals surface area (Å²) in [4.78, 5) is 0. The molecule has 0 saturated heterocycles. The summed E-state index contributed by atoms with van der Waals surface area (Å²) in [5, 5.41) is 6.53. The molecule has 0 unspecified atom stereocenters. The topological polar surface area (TPSA) is 56.2 Å². The minimum atomic E-state index is -4.53. The molecule has 0 spiro atoms. The van der Waals surface area contributed by atoms with Crippen LogP contribution in [-0.4, -0.2) is 14.6 Å². The van der Waals surface area contributed by atoms with E-state index in [1.807, 2.05) is 0 Å². The van der Waals surface area contributed by atoms with E-state index in [0.29, 0.717) is 0 Å². The van der Waals surface area contributed by atoms with Gasteiger partial charge in [-0.2, -0.15) is 13.2 Å². The minimum Gasteiger partial charge on any atom is -0.397 e. The number of halogens is 3. The third-order valence-corrected chi connectivity index (χ3v) is 2.11. The zero-order chi connectivity index (χ0) is 11.2. The molecule has 0 aliphatic carbocycles. The van der Waals surface area contributed by atoms with Gasteiger partial charge in [-0.15, -0.1) is 10.2 Å². The number of nitrogen functional groups attached to an aromatic ring is 1. The molecule has 15 heavy (non-hydrogen) atoms. The van der Waals surface area contributed by atoms with Crippen molar-refractivity contribution in [3.05, 3.63) is 23.7 Å². The molecule has 0 aliphatic rings. The van der Waals surface area contributed by atoms with Crippen LogP contribution in [0.25, 0.3) is 5.65 Å². The number of hydrogen-bond donors (Lipinski definition) is 1. The third-order valence-electron chi connectivity index (χ3n) is 2.11. The average molecular weight is 216 g/mol. The molecular weight excluding hydrogens is 209 g/mol. The number of aryl methyl sites for hydroxylation is 1. The van der Waals surface area contributed by atoms with Gasteiger partial charge in [-0.3, -0.25) is 4.40 Å². The summed E-state index contributed by atoms with van der Waals surface area (Å²) in [6, 6.07) is 2.89. The lowest BCUT2D eigenvalue weighted by molar-refractivity contribution is -0.145. The van der Waals surface area contributed by atoms with E-state index in [-0.39, 0.29) is 17.0 Å². The molecule has 7 heteroatoms. The van der Waals surface area contributed by atoms with Gasteiger partial charge in [-0.1, -0.05) is 0 Å². The quantitative estimate of drug-likeness (QED) is 0.728. The Morgan fingerprint density at radius 3 is 2.53 bits per heavy atom. The van der Waals surface area contributed by atoms with Crippen LogP contribution in [0, 0.1) is 6.92 Å². The van der Waals surface area contributed by atoms with E-state index in [1.54, 1.807) is 0 Å². The highest BCUT2D eigenvalue weighted by atomic mass is 19.4. The molecule has 0 saturated carbocycles. The Hall–Kier alpha value is -1.79. The Morgan fingerprint density at radius 1 is 1.27 bits per heavy atom. The number of rotatable bonds is 0. The third kappa shape index (κ3) is 1.39. The van der Waals surface area contributed by atoms with Crippen LogP contribution in [0.5, 0.6) is 0 Å². The van der Waals surface area contributed by atoms with Gasteiger partial charge < -0.3 is 5.73 Å². The molecule has 0 aromatic carbocycles. The molecule has 0 bridgehead atoms. The Morgan fingerprint density at radius 2 is 1.93 bits per heavy atom. The lowest BCUT2D eigenvalue weighted by Crippen LogP contribution is -2.12. The predicted molar refractivity (Wildman–Crippen MR) is 47.1 cm³/mol. The zero-order valence-electron chi connectivity index (χ0n) is 7.71. The predicted octanol–water partition coefficient (Wildman–Crippen LogP) is 1.64. The van der Waals surface area contributed by atoms with Crippen LogP contribution in [0.3, 0.4) is 0 Å². The highest BCUT2D eigenvalue weighted by Gasteiger charge is 2.37. The summed E-state index contributed by atoms with van der Waals surface area (Å²) in [7, 11) is 0. The Bertz CT molecular complexity index is 514. The van der Waals surface area contributed by atoms with Gasteiger partial charge in [0, 0.05) is 5.69 Å². The highest BCUT2D eigenvalue weighted by molar-refractivity contribution is 5.52. The van der Waals surface area contributed by atoms with Gasteiger partial charge in [-0.25, -0.2) is 0 Å². The van der Waals surface area contributed by atoms with Crippen molar-refractivity contribution in [2.75, 3.05) is 5.73 Å². The van der Waals surface area contributed by atoms with Crippen LogP contribution in [0.1, 0.15) is 11.5 Å². The fourth-order valence-electron chi connectivity index (χ4n) is 1.33. The van der Waals surface area contributed by atoms with Crippen LogP contribution in [0.15, 0.2) is 12.1 Å². The summed E-state index contributed by atoms with van der Waals surface area (Å²) in [5.74, 6) is -1.05. The smallest absolute Gasteiger partial charge is 0.397 e. The van der Waals surface area contributed by atoms with E-state index in [2.05, 4.69) is 10.2 Å². The van der Waals surface area contributed by atoms with E-state index in [0.717, 1.165) is 4.40 Å². The maximum Gasteiger partial charge on any atom is 0.452 e. The number of hydrogen-bond acceptors (Lipinski definition) is 3. The Labute approximate surface area is 82.5 Å². The first-order valence-electron chi connectivity index (χ1n) is 4.08. The monoisotopic (exact) mass is 216 g/mol. The Balaban J connectivity index is 2.84. The van der Waals surface area contributed by atoms with E-state index >= 15 is 0 Å². The molecule has 0 radical (unpaired) electrons. The molecule has 80 valence electrons. The summed E-state index contributed by atoms with van der Waals surface area (Å²) < 4.78 is 38.4. The zero-order valence-corrected chi connectivity index (χ0v) is 7.71. The van der Waals surface area contributed by atoms with Gasteiger partial charge in [0.15, 0.2) is 5.65 Å². The van der Waals surface area contributed by atoms with Crippen molar-refractivity contribution < 1.29 is 13.2 Å². The molecule has 2 N–H and O–H groups in total. The van der Waals surface area contributed by atoms with Gasteiger partial charge in [0.25, 0.3) is 0 Å². The van der Waals surface area contributed by atoms with Crippen LogP contribution in [0.4, 0.5) is 18.9 Å². The maximum absolute atomic E-state index is 12.5. The molecular formula is C8H7F3N4. The van der Waals surface area contributed by atoms with E-state index < -0.39 is 12.0 Å². The van der Waals surface area contributed by atoms with Gasteiger partial charge >= 0.3 is 6.18 Å². The van der Waals surface area contributed by atoms with Gasteiger partial charge in [0.2, 0.25) is 5.82 Å². The number of nitrogens with two attached hydrogens (primary N) is 1. The molecule has 4 nitrogen and oxygen atoms in total.